The molecule has 1 fully saturated rings. The van der Waals surface area contributed by atoms with Crippen LogP contribution in [-0.4, -0.2) is 47.3 Å². The molecule has 1 aromatic heterocycles. The number of hydrogen-bond acceptors (Lipinski definition) is 2. The molecule has 1 aliphatic rings. The number of nitrogens with zero attached hydrogens (tertiary/aromatic N) is 4. The van der Waals surface area contributed by atoms with E-state index in [1.807, 2.05) is 25.0 Å². The first kappa shape index (κ1) is 21.7. The number of likely N-dealkylation sites (tertiary alicyclic amines) is 1. The molecular formula is C21H32IN5. The number of guanidine groups is 1. The molecule has 2 heterocycles. The maximum atomic E-state index is 4.52. The summed E-state index contributed by atoms with van der Waals surface area (Å²) in [7, 11) is 3.85. The first-order valence-electron chi connectivity index (χ1n) is 9.40. The lowest BCUT2D eigenvalue weighted by molar-refractivity contribution is 0.454. The van der Waals surface area contributed by atoms with Crippen LogP contribution in [0.2, 0.25) is 0 Å². The Bertz CT molecular complexity index is 763. The first-order chi connectivity index (χ1) is 12.4. The Morgan fingerprint density at radius 3 is 2.59 bits per heavy atom. The maximum Gasteiger partial charge on any atom is 0.193 e. The maximum absolute atomic E-state index is 4.52. The second-order valence-electron chi connectivity index (χ2n) is 8.03. The number of aromatic nitrogens is 2. The molecule has 0 saturated carbocycles. The van der Waals surface area contributed by atoms with Crippen LogP contribution < -0.4 is 5.32 Å². The topological polar surface area (TPSA) is 45.5 Å². The van der Waals surface area contributed by atoms with Crippen molar-refractivity contribution in [2.24, 2.45) is 12.0 Å². The number of hydrogen-bond donors (Lipinski definition) is 1. The monoisotopic (exact) mass is 481 g/mol. The van der Waals surface area contributed by atoms with E-state index in [2.05, 4.69) is 71.5 Å². The van der Waals surface area contributed by atoms with Crippen molar-refractivity contribution in [3.63, 3.8) is 0 Å². The average Bonchev–Trinajstić information content (AvgIpc) is 3.25. The molecule has 3 rings (SSSR count). The molecule has 0 radical (unpaired) electrons. The van der Waals surface area contributed by atoms with E-state index in [0.29, 0.717) is 5.92 Å². The van der Waals surface area contributed by atoms with E-state index in [1.54, 1.807) is 0 Å². The second-order valence-corrected chi connectivity index (χ2v) is 8.03. The Balaban J connectivity index is 0.00000261. The van der Waals surface area contributed by atoms with Crippen molar-refractivity contribution in [3.8, 4) is 0 Å². The lowest BCUT2D eigenvalue weighted by atomic mass is 9.84. The van der Waals surface area contributed by atoms with Gasteiger partial charge in [0.15, 0.2) is 5.96 Å². The smallest absolute Gasteiger partial charge is 0.193 e. The summed E-state index contributed by atoms with van der Waals surface area (Å²) in [5, 5.41) is 7.91. The first-order valence-corrected chi connectivity index (χ1v) is 9.40. The molecule has 148 valence electrons. The summed E-state index contributed by atoms with van der Waals surface area (Å²) in [6.45, 7) is 9.57. The molecule has 1 aromatic carbocycles. The third-order valence-electron chi connectivity index (χ3n) is 5.42. The van der Waals surface area contributed by atoms with Crippen molar-refractivity contribution in [1.29, 1.82) is 0 Å². The largest absolute Gasteiger partial charge is 0.355 e. The van der Waals surface area contributed by atoms with Gasteiger partial charge >= 0.3 is 0 Å². The van der Waals surface area contributed by atoms with Gasteiger partial charge < -0.3 is 10.2 Å². The predicted molar refractivity (Wildman–Crippen MR) is 123 cm³/mol. The molecule has 2 aromatic rings. The second kappa shape index (κ2) is 9.08. The number of rotatable bonds is 4. The van der Waals surface area contributed by atoms with Crippen LogP contribution in [0.15, 0.2) is 41.7 Å². The molecule has 0 spiro atoms. The summed E-state index contributed by atoms with van der Waals surface area (Å²) in [6, 6.07) is 8.83. The summed E-state index contributed by atoms with van der Waals surface area (Å²) in [5.74, 6) is 1.53. The van der Waals surface area contributed by atoms with Gasteiger partial charge in [0.05, 0.1) is 6.20 Å². The van der Waals surface area contributed by atoms with Crippen molar-refractivity contribution < 1.29 is 0 Å². The van der Waals surface area contributed by atoms with Crippen LogP contribution in [0.1, 0.15) is 42.9 Å². The highest BCUT2D eigenvalue weighted by Crippen LogP contribution is 2.27. The average molecular weight is 481 g/mol. The van der Waals surface area contributed by atoms with E-state index in [9.17, 15) is 0 Å². The normalized spacial score (nSPS) is 17.7. The summed E-state index contributed by atoms with van der Waals surface area (Å²) in [4.78, 5) is 6.89. The molecule has 0 bridgehead atoms. The van der Waals surface area contributed by atoms with Crippen LogP contribution in [0.4, 0.5) is 0 Å². The highest BCUT2D eigenvalue weighted by molar-refractivity contribution is 14.0. The zero-order valence-electron chi connectivity index (χ0n) is 17.1. The van der Waals surface area contributed by atoms with Gasteiger partial charge in [-0.05, 0) is 24.5 Å². The Morgan fingerprint density at radius 1 is 1.30 bits per heavy atom. The number of benzene rings is 1. The molecule has 6 heteroatoms. The lowest BCUT2D eigenvalue weighted by Gasteiger charge is -2.29. The van der Waals surface area contributed by atoms with E-state index in [1.165, 1.54) is 16.7 Å². The van der Waals surface area contributed by atoms with Gasteiger partial charge in [0.25, 0.3) is 0 Å². The SMILES string of the molecule is CN=C(NCC(C)(C)c1ccc(C)cc1)N1CCC(c2cnn(C)c2)C1.I. The van der Waals surface area contributed by atoms with E-state index in [4.69, 9.17) is 0 Å². The third-order valence-corrected chi connectivity index (χ3v) is 5.42. The van der Waals surface area contributed by atoms with Gasteiger partial charge in [-0.15, -0.1) is 24.0 Å². The van der Waals surface area contributed by atoms with Crippen molar-refractivity contribution in [2.45, 2.75) is 38.5 Å². The van der Waals surface area contributed by atoms with Gasteiger partial charge in [-0.25, -0.2) is 0 Å². The van der Waals surface area contributed by atoms with Crippen LogP contribution in [0.25, 0.3) is 0 Å². The summed E-state index contributed by atoms with van der Waals surface area (Å²) in [5.41, 5.74) is 4.02. The molecule has 1 aliphatic heterocycles. The number of halogens is 1. The van der Waals surface area contributed by atoms with Crippen molar-refractivity contribution in [2.75, 3.05) is 26.7 Å². The molecular weight excluding hydrogens is 449 g/mol. The quantitative estimate of drug-likeness (QED) is 0.412. The fraction of sp³-hybridized carbons (Fsp3) is 0.524. The number of aliphatic imine (C=N–C) groups is 1. The van der Waals surface area contributed by atoms with Crippen LogP contribution in [-0.2, 0) is 12.5 Å². The summed E-state index contributed by atoms with van der Waals surface area (Å²) >= 11 is 0. The molecule has 27 heavy (non-hydrogen) atoms. The van der Waals surface area contributed by atoms with E-state index >= 15 is 0 Å². The number of aryl methyl sites for hydroxylation is 2. The summed E-state index contributed by atoms with van der Waals surface area (Å²) in [6.07, 6.45) is 5.27. The van der Waals surface area contributed by atoms with Crippen molar-refractivity contribution >= 4 is 29.9 Å². The molecule has 1 N–H and O–H groups in total. The minimum Gasteiger partial charge on any atom is -0.355 e. The predicted octanol–water partition coefficient (Wildman–Crippen LogP) is 3.69. The van der Waals surface area contributed by atoms with Gasteiger partial charge in [0.2, 0.25) is 0 Å². The van der Waals surface area contributed by atoms with Gasteiger partial charge in [0.1, 0.15) is 0 Å². The Hall–Kier alpha value is -1.57. The highest BCUT2D eigenvalue weighted by atomic mass is 127. The Kier molecular flexibility index (Phi) is 7.31. The zero-order chi connectivity index (χ0) is 18.7. The van der Waals surface area contributed by atoms with Gasteiger partial charge in [0, 0.05) is 51.3 Å². The van der Waals surface area contributed by atoms with Crippen LogP contribution in [0, 0.1) is 6.92 Å². The van der Waals surface area contributed by atoms with Gasteiger partial charge in [-0.3, -0.25) is 9.67 Å². The molecule has 1 unspecified atom stereocenters. The fourth-order valence-electron chi connectivity index (χ4n) is 3.61. The van der Waals surface area contributed by atoms with Crippen molar-refractivity contribution in [3.05, 3.63) is 53.3 Å². The van der Waals surface area contributed by atoms with E-state index in [0.717, 1.165) is 32.0 Å². The van der Waals surface area contributed by atoms with E-state index < -0.39 is 0 Å². The minimum atomic E-state index is 0. The van der Waals surface area contributed by atoms with Crippen molar-refractivity contribution in [1.82, 2.24) is 20.0 Å². The molecule has 0 aliphatic carbocycles. The Morgan fingerprint density at radius 2 is 2.00 bits per heavy atom. The fourth-order valence-corrected chi connectivity index (χ4v) is 3.61. The number of nitrogens with one attached hydrogen (secondary N) is 1. The molecule has 0 amide bonds. The highest BCUT2D eigenvalue weighted by Gasteiger charge is 2.28. The third kappa shape index (κ3) is 5.24. The summed E-state index contributed by atoms with van der Waals surface area (Å²) < 4.78 is 1.88. The van der Waals surface area contributed by atoms with Crippen LogP contribution in [0.3, 0.4) is 0 Å². The Labute approximate surface area is 180 Å². The molecule has 1 saturated heterocycles. The molecule has 1 atom stereocenters. The van der Waals surface area contributed by atoms with Gasteiger partial charge in [-0.1, -0.05) is 43.7 Å². The zero-order valence-corrected chi connectivity index (χ0v) is 19.4. The van der Waals surface area contributed by atoms with Crippen LogP contribution in [0.5, 0.6) is 0 Å². The van der Waals surface area contributed by atoms with Gasteiger partial charge in [-0.2, -0.15) is 5.10 Å². The lowest BCUT2D eigenvalue weighted by Crippen LogP contribution is -2.45. The minimum absolute atomic E-state index is 0. The van der Waals surface area contributed by atoms with Crippen LogP contribution >= 0.6 is 24.0 Å². The molecule has 5 nitrogen and oxygen atoms in total. The van der Waals surface area contributed by atoms with E-state index in [-0.39, 0.29) is 29.4 Å². The standard InChI is InChI=1S/C21H31N5.HI/c1-16-6-8-19(9-7-16)21(2,3)15-23-20(22-4)26-11-10-17(14-26)18-12-24-25(5)13-18;/h6-9,12-13,17H,10-11,14-15H2,1-5H3,(H,22,23);1H.